The minimum absolute atomic E-state index is 0.622. The van der Waals surface area contributed by atoms with Gasteiger partial charge in [0.25, 0.3) is 0 Å². The average Bonchev–Trinajstić information content (AvgIpc) is 2.15. The zero-order chi connectivity index (χ0) is 9.52. The highest BCUT2D eigenvalue weighted by molar-refractivity contribution is 9.10. The van der Waals surface area contributed by atoms with Crippen molar-refractivity contribution in [1.29, 1.82) is 0 Å². The number of nitrogens with two attached hydrogens (primary N) is 1. The molecule has 0 aromatic heterocycles. The molecule has 0 atom stereocenters. The minimum Gasteiger partial charge on any atom is -0.327 e. The van der Waals surface area contributed by atoms with Crippen LogP contribution >= 0.6 is 27.7 Å². The van der Waals surface area contributed by atoms with Gasteiger partial charge in [-0.05, 0) is 28.1 Å². The zero-order valence-corrected chi connectivity index (χ0v) is 9.64. The molecule has 0 bridgehead atoms. The molecule has 0 aliphatic heterocycles. The fraction of sp³-hybridized carbons (Fsp3) is 0.200. The van der Waals surface area contributed by atoms with Crippen molar-refractivity contribution in [2.45, 2.75) is 4.90 Å². The van der Waals surface area contributed by atoms with Crippen LogP contribution in [0, 0.1) is 0 Å². The van der Waals surface area contributed by atoms with Gasteiger partial charge in [-0.2, -0.15) is 0 Å². The van der Waals surface area contributed by atoms with Crippen LogP contribution < -0.4 is 5.73 Å². The molecule has 70 valence electrons. The van der Waals surface area contributed by atoms with Gasteiger partial charge in [0, 0.05) is 21.7 Å². The summed E-state index contributed by atoms with van der Waals surface area (Å²) in [4.78, 5) is 1.27. The third-order valence-corrected chi connectivity index (χ3v) is 3.45. The molecule has 1 rings (SSSR count). The Bertz CT molecular complexity index is 286. The fourth-order valence-corrected chi connectivity index (χ4v) is 2.28. The maximum atomic E-state index is 5.33. The average molecular weight is 258 g/mol. The van der Waals surface area contributed by atoms with Gasteiger partial charge in [-0.3, -0.25) is 0 Å². The summed E-state index contributed by atoms with van der Waals surface area (Å²) in [6, 6.07) is 8.21. The van der Waals surface area contributed by atoms with Crippen LogP contribution in [0.5, 0.6) is 0 Å². The predicted octanol–water partition coefficient (Wildman–Crippen LogP) is 3.06. The van der Waals surface area contributed by atoms with Gasteiger partial charge >= 0.3 is 0 Å². The first-order chi connectivity index (χ1) is 6.34. The lowest BCUT2D eigenvalue weighted by Gasteiger charge is -2.00. The van der Waals surface area contributed by atoms with Crippen molar-refractivity contribution in [2.24, 2.45) is 5.73 Å². The summed E-state index contributed by atoms with van der Waals surface area (Å²) in [6.45, 7) is 0.622. The number of halogens is 1. The molecule has 3 heteroatoms. The minimum atomic E-state index is 0.622. The first-order valence-corrected chi connectivity index (χ1v) is 5.85. The zero-order valence-electron chi connectivity index (χ0n) is 7.24. The molecule has 0 unspecified atom stereocenters. The van der Waals surface area contributed by atoms with Gasteiger partial charge in [0.15, 0.2) is 0 Å². The van der Waals surface area contributed by atoms with Gasteiger partial charge in [-0.25, -0.2) is 0 Å². The largest absolute Gasteiger partial charge is 0.327 e. The van der Waals surface area contributed by atoms with Crippen molar-refractivity contribution in [1.82, 2.24) is 0 Å². The third kappa shape index (κ3) is 3.98. The molecule has 0 heterocycles. The molecule has 0 aliphatic rings. The molecule has 0 saturated heterocycles. The van der Waals surface area contributed by atoms with Crippen LogP contribution in [0.25, 0.3) is 0 Å². The van der Waals surface area contributed by atoms with E-state index in [1.54, 1.807) is 11.8 Å². The Balaban J connectivity index is 2.45. The summed E-state index contributed by atoms with van der Waals surface area (Å²) in [5.41, 5.74) is 5.33. The number of rotatable bonds is 4. The highest BCUT2D eigenvalue weighted by Gasteiger charge is 1.95. The highest BCUT2D eigenvalue weighted by atomic mass is 79.9. The van der Waals surface area contributed by atoms with Gasteiger partial charge < -0.3 is 5.73 Å². The first-order valence-electron chi connectivity index (χ1n) is 4.07. The Labute approximate surface area is 91.5 Å². The maximum Gasteiger partial charge on any atom is 0.0311 e. The monoisotopic (exact) mass is 257 g/mol. The van der Waals surface area contributed by atoms with E-state index < -0.39 is 0 Å². The van der Waals surface area contributed by atoms with E-state index in [2.05, 4.69) is 34.1 Å². The predicted molar refractivity (Wildman–Crippen MR) is 63.1 cm³/mol. The molecule has 0 amide bonds. The Morgan fingerprint density at radius 1 is 1.31 bits per heavy atom. The van der Waals surface area contributed by atoms with E-state index in [1.807, 2.05) is 18.2 Å². The lowest BCUT2D eigenvalue weighted by atomic mass is 10.4. The summed E-state index contributed by atoms with van der Waals surface area (Å²) in [5, 5.41) is 0. The molecule has 1 aromatic rings. The summed E-state index contributed by atoms with van der Waals surface area (Å²) in [7, 11) is 0. The van der Waals surface area contributed by atoms with Crippen LogP contribution in [-0.4, -0.2) is 12.3 Å². The van der Waals surface area contributed by atoms with Crippen molar-refractivity contribution < 1.29 is 0 Å². The standard InChI is InChI=1S/C10H12BrNS/c11-9-5-1-2-6-10(9)13-8-4-3-7-12/h1-6H,7-8,12H2. The van der Waals surface area contributed by atoms with Crippen LogP contribution in [0.2, 0.25) is 0 Å². The maximum absolute atomic E-state index is 5.33. The molecular formula is C10H12BrNS. The molecule has 0 spiro atoms. The lowest BCUT2D eigenvalue weighted by molar-refractivity contribution is 1.25. The molecule has 0 fully saturated rings. The summed E-state index contributed by atoms with van der Waals surface area (Å²) < 4.78 is 1.15. The Hall–Kier alpha value is -0.250. The van der Waals surface area contributed by atoms with E-state index >= 15 is 0 Å². The van der Waals surface area contributed by atoms with Crippen molar-refractivity contribution in [2.75, 3.05) is 12.3 Å². The van der Waals surface area contributed by atoms with E-state index in [4.69, 9.17) is 5.73 Å². The van der Waals surface area contributed by atoms with Crippen LogP contribution in [0.4, 0.5) is 0 Å². The van der Waals surface area contributed by atoms with Crippen molar-refractivity contribution >= 4 is 27.7 Å². The molecule has 0 radical (unpaired) electrons. The third-order valence-electron chi connectivity index (χ3n) is 1.47. The SMILES string of the molecule is NCC=CCSc1ccccc1Br. The second-order valence-corrected chi connectivity index (χ2v) is 4.36. The van der Waals surface area contributed by atoms with Crippen molar-refractivity contribution in [3.05, 3.63) is 40.9 Å². The van der Waals surface area contributed by atoms with Gasteiger partial charge in [0.1, 0.15) is 0 Å². The van der Waals surface area contributed by atoms with E-state index in [-0.39, 0.29) is 0 Å². The molecule has 1 nitrogen and oxygen atoms in total. The van der Waals surface area contributed by atoms with Crippen LogP contribution in [0.15, 0.2) is 45.8 Å². The topological polar surface area (TPSA) is 26.0 Å². The van der Waals surface area contributed by atoms with Crippen molar-refractivity contribution in [3.63, 3.8) is 0 Å². The molecule has 13 heavy (non-hydrogen) atoms. The van der Waals surface area contributed by atoms with E-state index in [9.17, 15) is 0 Å². The summed E-state index contributed by atoms with van der Waals surface area (Å²) in [6.07, 6.45) is 4.06. The van der Waals surface area contributed by atoms with Crippen LogP contribution in [0.3, 0.4) is 0 Å². The second kappa shape index (κ2) is 6.24. The second-order valence-electron chi connectivity index (χ2n) is 2.45. The highest BCUT2D eigenvalue weighted by Crippen LogP contribution is 2.26. The molecular weight excluding hydrogens is 246 g/mol. The summed E-state index contributed by atoms with van der Waals surface area (Å²) >= 11 is 5.29. The van der Waals surface area contributed by atoms with Crippen LogP contribution in [0.1, 0.15) is 0 Å². The molecule has 0 aliphatic carbocycles. The number of thioether (sulfide) groups is 1. The molecule has 0 saturated carbocycles. The molecule has 1 aromatic carbocycles. The molecule has 2 N–H and O–H groups in total. The first kappa shape index (κ1) is 10.8. The van der Waals surface area contributed by atoms with Gasteiger partial charge in [0.2, 0.25) is 0 Å². The lowest BCUT2D eigenvalue weighted by Crippen LogP contribution is -1.92. The fourth-order valence-electron chi connectivity index (χ4n) is 0.864. The van der Waals surface area contributed by atoms with Crippen molar-refractivity contribution in [3.8, 4) is 0 Å². The van der Waals surface area contributed by atoms with Gasteiger partial charge in [-0.1, -0.05) is 24.3 Å². The Kier molecular flexibility index (Phi) is 5.20. The quantitative estimate of drug-likeness (QED) is 0.663. The Morgan fingerprint density at radius 3 is 2.77 bits per heavy atom. The van der Waals surface area contributed by atoms with E-state index in [1.165, 1.54) is 4.90 Å². The Morgan fingerprint density at radius 2 is 2.08 bits per heavy atom. The normalized spacial score (nSPS) is 10.9. The van der Waals surface area contributed by atoms with E-state index in [0.29, 0.717) is 6.54 Å². The van der Waals surface area contributed by atoms with E-state index in [0.717, 1.165) is 10.2 Å². The number of benzene rings is 1. The number of hydrogen-bond donors (Lipinski definition) is 1. The smallest absolute Gasteiger partial charge is 0.0311 e. The van der Waals surface area contributed by atoms with Gasteiger partial charge in [0.05, 0.1) is 0 Å². The van der Waals surface area contributed by atoms with Crippen LogP contribution in [-0.2, 0) is 0 Å². The van der Waals surface area contributed by atoms with Gasteiger partial charge in [-0.15, -0.1) is 11.8 Å². The number of hydrogen-bond acceptors (Lipinski definition) is 2. The summed E-state index contributed by atoms with van der Waals surface area (Å²) in [5.74, 6) is 0.972.